The zero-order valence-corrected chi connectivity index (χ0v) is 13.0. The van der Waals surface area contributed by atoms with E-state index in [4.69, 9.17) is 0 Å². The molecule has 1 aromatic heterocycles. The molecule has 110 valence electrons. The Kier molecular flexibility index (Phi) is 2.81. The van der Waals surface area contributed by atoms with E-state index in [1.165, 1.54) is 16.6 Å². The lowest BCUT2D eigenvalue weighted by molar-refractivity contribution is 0.232. The van der Waals surface area contributed by atoms with Gasteiger partial charge in [-0.1, -0.05) is 12.8 Å². The molecule has 8 heteroatoms. The average molecular weight is 316 g/mol. The molecule has 6 nitrogen and oxygen atoms in total. The second kappa shape index (κ2) is 4.02. The fourth-order valence-electron chi connectivity index (χ4n) is 3.21. The first-order valence-corrected chi connectivity index (χ1v) is 9.72. The Hall–Kier alpha value is -0.990. The number of hydrogen-bond acceptors (Lipinski definition) is 5. The van der Waals surface area contributed by atoms with Gasteiger partial charge in [0.1, 0.15) is 4.90 Å². The highest BCUT2D eigenvalue weighted by Gasteiger charge is 2.54. The lowest BCUT2D eigenvalue weighted by Crippen LogP contribution is -2.38. The Morgan fingerprint density at radius 1 is 1.30 bits per heavy atom. The zero-order chi connectivity index (χ0) is 14.8. The summed E-state index contributed by atoms with van der Waals surface area (Å²) in [4.78, 5) is 4.20. The largest absolute Gasteiger partial charge is 0.256 e. The minimum atomic E-state index is -3.65. The van der Waals surface area contributed by atoms with Crippen molar-refractivity contribution in [3.05, 3.63) is 18.0 Å². The topological polar surface area (TPSA) is 84.4 Å². The summed E-state index contributed by atoms with van der Waals surface area (Å²) in [5.41, 5.74) is -0.0746. The SMILES string of the molecule is CN1C2(CCCC2)c2ncc(S(C)(=O)=O)cc2S1(=O)=O. The fourth-order valence-corrected chi connectivity index (χ4v) is 5.65. The molecule has 0 saturated heterocycles. The molecule has 0 atom stereocenters. The van der Waals surface area contributed by atoms with Gasteiger partial charge >= 0.3 is 0 Å². The van der Waals surface area contributed by atoms with Crippen LogP contribution in [0.2, 0.25) is 0 Å². The van der Waals surface area contributed by atoms with Crippen molar-refractivity contribution in [2.24, 2.45) is 0 Å². The van der Waals surface area contributed by atoms with Crippen molar-refractivity contribution in [3.63, 3.8) is 0 Å². The van der Waals surface area contributed by atoms with E-state index in [1.807, 2.05) is 0 Å². The number of sulfonamides is 1. The smallest absolute Gasteiger partial charge is 0.245 e. The van der Waals surface area contributed by atoms with E-state index in [1.54, 1.807) is 7.05 Å². The van der Waals surface area contributed by atoms with Crippen molar-refractivity contribution in [1.82, 2.24) is 9.29 Å². The van der Waals surface area contributed by atoms with Crippen molar-refractivity contribution < 1.29 is 16.8 Å². The standard InChI is InChI=1S/C12H16N2O4S2/c1-14-12(5-3-4-6-12)11-10(20(14,17)18)7-9(8-13-11)19(2,15)16/h7-8H,3-6H2,1-2H3. The number of fused-ring (bicyclic) bond motifs is 2. The molecule has 1 fully saturated rings. The third kappa shape index (κ3) is 1.68. The van der Waals surface area contributed by atoms with E-state index in [9.17, 15) is 16.8 Å². The summed E-state index contributed by atoms with van der Waals surface area (Å²) in [5.74, 6) is 0. The summed E-state index contributed by atoms with van der Waals surface area (Å²) in [6.45, 7) is 0. The minimum absolute atomic E-state index is 0.0461. The second-order valence-electron chi connectivity index (χ2n) is 5.50. The molecular formula is C12H16N2O4S2. The lowest BCUT2D eigenvalue weighted by atomic mass is 9.93. The van der Waals surface area contributed by atoms with Crippen LogP contribution in [-0.4, -0.2) is 39.4 Å². The van der Waals surface area contributed by atoms with Crippen molar-refractivity contribution in [2.45, 2.75) is 41.0 Å². The van der Waals surface area contributed by atoms with Gasteiger partial charge < -0.3 is 0 Å². The molecule has 0 unspecified atom stereocenters. The molecule has 1 saturated carbocycles. The van der Waals surface area contributed by atoms with Gasteiger partial charge in [-0.15, -0.1) is 0 Å². The summed E-state index contributed by atoms with van der Waals surface area (Å²) in [7, 11) is -5.57. The molecule has 0 N–H and O–H groups in total. The van der Waals surface area contributed by atoms with Gasteiger partial charge in [0.2, 0.25) is 10.0 Å². The van der Waals surface area contributed by atoms with Crippen LogP contribution in [0.5, 0.6) is 0 Å². The molecule has 3 rings (SSSR count). The molecule has 1 aliphatic heterocycles. The predicted octanol–water partition coefficient (Wildman–Crippen LogP) is 0.889. The Balaban J connectivity index is 2.30. The van der Waals surface area contributed by atoms with Crippen molar-refractivity contribution in [1.29, 1.82) is 0 Å². The van der Waals surface area contributed by atoms with Crippen LogP contribution in [0.15, 0.2) is 22.1 Å². The molecule has 2 aliphatic rings. The first-order chi connectivity index (χ1) is 9.19. The molecule has 0 bridgehead atoms. The van der Waals surface area contributed by atoms with Gasteiger partial charge in [-0.05, 0) is 18.9 Å². The molecule has 0 amide bonds. The predicted molar refractivity (Wildman–Crippen MR) is 72.4 cm³/mol. The normalized spacial score (nSPS) is 24.1. The molecule has 0 radical (unpaired) electrons. The highest BCUT2D eigenvalue weighted by molar-refractivity contribution is 7.91. The van der Waals surface area contributed by atoms with Crippen LogP contribution in [0, 0.1) is 0 Å². The Morgan fingerprint density at radius 3 is 2.45 bits per heavy atom. The van der Waals surface area contributed by atoms with Crippen molar-refractivity contribution >= 4 is 19.9 Å². The molecule has 1 aliphatic carbocycles. The maximum atomic E-state index is 12.5. The number of pyridine rings is 1. The Morgan fingerprint density at radius 2 is 1.90 bits per heavy atom. The van der Waals surface area contributed by atoms with Crippen LogP contribution in [0.4, 0.5) is 0 Å². The number of rotatable bonds is 1. The molecule has 20 heavy (non-hydrogen) atoms. The quantitative estimate of drug-likeness (QED) is 0.768. The third-order valence-corrected chi connectivity index (χ3v) is 7.39. The van der Waals surface area contributed by atoms with Crippen molar-refractivity contribution in [3.8, 4) is 0 Å². The average Bonchev–Trinajstić information content (AvgIpc) is 2.91. The third-order valence-electron chi connectivity index (χ3n) is 4.37. The van der Waals surface area contributed by atoms with E-state index in [-0.39, 0.29) is 9.79 Å². The van der Waals surface area contributed by atoms with E-state index in [2.05, 4.69) is 4.98 Å². The fraction of sp³-hybridized carbons (Fsp3) is 0.583. The van der Waals surface area contributed by atoms with Crippen LogP contribution in [0.1, 0.15) is 31.4 Å². The van der Waals surface area contributed by atoms with Gasteiger partial charge in [0.25, 0.3) is 0 Å². The molecular weight excluding hydrogens is 300 g/mol. The molecule has 1 spiro atoms. The van der Waals surface area contributed by atoms with Gasteiger partial charge in [0.15, 0.2) is 9.84 Å². The Labute approximate surface area is 118 Å². The first kappa shape index (κ1) is 14.0. The summed E-state index contributed by atoms with van der Waals surface area (Å²) in [5, 5.41) is 0. The highest BCUT2D eigenvalue weighted by Crippen LogP contribution is 2.51. The van der Waals surface area contributed by atoms with Gasteiger partial charge in [-0.2, -0.15) is 4.31 Å². The molecule has 2 heterocycles. The van der Waals surface area contributed by atoms with Gasteiger partial charge in [0, 0.05) is 19.5 Å². The van der Waals surface area contributed by atoms with Gasteiger partial charge in [-0.3, -0.25) is 4.98 Å². The first-order valence-electron chi connectivity index (χ1n) is 6.39. The second-order valence-corrected chi connectivity index (χ2v) is 9.45. The zero-order valence-electron chi connectivity index (χ0n) is 11.3. The van der Waals surface area contributed by atoms with Crippen LogP contribution in [0.3, 0.4) is 0 Å². The number of hydrogen-bond donors (Lipinski definition) is 0. The highest BCUT2D eigenvalue weighted by atomic mass is 32.2. The number of sulfone groups is 1. The number of nitrogens with zero attached hydrogens (tertiary/aromatic N) is 2. The summed E-state index contributed by atoms with van der Waals surface area (Å²) in [6.07, 6.45) is 5.70. The summed E-state index contributed by atoms with van der Waals surface area (Å²) >= 11 is 0. The van der Waals surface area contributed by atoms with E-state index < -0.39 is 25.4 Å². The molecule has 1 aromatic rings. The van der Waals surface area contributed by atoms with Crippen LogP contribution in [0.25, 0.3) is 0 Å². The summed E-state index contributed by atoms with van der Waals surface area (Å²) < 4.78 is 49.6. The monoisotopic (exact) mass is 316 g/mol. The summed E-state index contributed by atoms with van der Waals surface area (Å²) in [6, 6.07) is 1.25. The molecule has 0 aromatic carbocycles. The van der Waals surface area contributed by atoms with Crippen LogP contribution < -0.4 is 0 Å². The van der Waals surface area contributed by atoms with Gasteiger partial charge in [-0.25, -0.2) is 16.8 Å². The Bertz CT molecular complexity index is 778. The van der Waals surface area contributed by atoms with E-state index >= 15 is 0 Å². The van der Waals surface area contributed by atoms with Gasteiger partial charge in [0.05, 0.1) is 16.1 Å². The van der Waals surface area contributed by atoms with Crippen molar-refractivity contribution in [2.75, 3.05) is 13.3 Å². The minimum Gasteiger partial charge on any atom is -0.256 e. The lowest BCUT2D eigenvalue weighted by Gasteiger charge is -2.29. The van der Waals surface area contributed by atoms with E-state index in [0.29, 0.717) is 5.69 Å². The maximum Gasteiger partial charge on any atom is 0.245 e. The van der Waals surface area contributed by atoms with Crippen LogP contribution >= 0.6 is 0 Å². The maximum absolute atomic E-state index is 12.5. The number of aromatic nitrogens is 1. The van der Waals surface area contributed by atoms with E-state index in [0.717, 1.165) is 31.9 Å². The van der Waals surface area contributed by atoms with Crippen LogP contribution in [-0.2, 0) is 25.4 Å².